The summed E-state index contributed by atoms with van der Waals surface area (Å²) in [6.45, 7) is 0. The van der Waals surface area contributed by atoms with Crippen LogP contribution in [0.3, 0.4) is 0 Å². The van der Waals surface area contributed by atoms with Crippen molar-refractivity contribution in [1.82, 2.24) is 0 Å². The number of halogens is 1. The van der Waals surface area contributed by atoms with Crippen molar-refractivity contribution < 1.29 is 9.18 Å². The van der Waals surface area contributed by atoms with E-state index in [2.05, 4.69) is 5.32 Å². The van der Waals surface area contributed by atoms with Gasteiger partial charge in [0, 0.05) is 5.69 Å². The van der Waals surface area contributed by atoms with Gasteiger partial charge >= 0.3 is 0 Å². The summed E-state index contributed by atoms with van der Waals surface area (Å²) in [7, 11) is 0. The maximum atomic E-state index is 13.1. The molecule has 0 unspecified atom stereocenters. The van der Waals surface area contributed by atoms with Crippen LogP contribution in [-0.4, -0.2) is 5.91 Å². The minimum absolute atomic E-state index is 0.0346. The summed E-state index contributed by atoms with van der Waals surface area (Å²) in [5.41, 5.74) is 6.65. The highest BCUT2D eigenvalue weighted by Crippen LogP contribution is 2.48. The fourth-order valence-electron chi connectivity index (χ4n) is 2.40. The number of rotatable bonds is 3. The molecular formula is C16H15FN2O. The Bertz CT molecular complexity index is 651. The van der Waals surface area contributed by atoms with Crippen LogP contribution in [0.1, 0.15) is 18.4 Å². The molecule has 0 bridgehead atoms. The third kappa shape index (κ3) is 2.13. The molecule has 1 saturated carbocycles. The molecule has 3 nitrogen and oxygen atoms in total. The minimum atomic E-state index is -0.479. The molecular weight excluding hydrogens is 255 g/mol. The van der Waals surface area contributed by atoms with Crippen molar-refractivity contribution in [2.75, 3.05) is 11.1 Å². The Balaban J connectivity index is 1.81. The van der Waals surface area contributed by atoms with Crippen LogP contribution in [0.4, 0.5) is 15.8 Å². The van der Waals surface area contributed by atoms with Gasteiger partial charge in [-0.2, -0.15) is 0 Å². The quantitative estimate of drug-likeness (QED) is 0.842. The zero-order chi connectivity index (χ0) is 14.2. The summed E-state index contributed by atoms with van der Waals surface area (Å²) in [6.07, 6.45) is 1.67. The first-order chi connectivity index (χ1) is 9.62. The lowest BCUT2D eigenvalue weighted by molar-refractivity contribution is -0.118. The predicted octanol–water partition coefficient (Wildman–Crippen LogP) is 3.08. The van der Waals surface area contributed by atoms with E-state index in [0.29, 0.717) is 5.69 Å². The van der Waals surface area contributed by atoms with Gasteiger partial charge in [0.05, 0.1) is 11.1 Å². The first-order valence-electron chi connectivity index (χ1n) is 6.54. The number of nitrogens with one attached hydrogen (secondary N) is 1. The van der Waals surface area contributed by atoms with Crippen LogP contribution in [0.5, 0.6) is 0 Å². The van der Waals surface area contributed by atoms with Crippen LogP contribution in [0, 0.1) is 5.82 Å². The lowest BCUT2D eigenvalue weighted by atomic mass is 9.95. The third-order valence-electron chi connectivity index (χ3n) is 3.76. The Morgan fingerprint density at radius 3 is 2.45 bits per heavy atom. The average molecular weight is 270 g/mol. The smallest absolute Gasteiger partial charge is 0.235 e. The highest BCUT2D eigenvalue weighted by Gasteiger charge is 2.51. The summed E-state index contributed by atoms with van der Waals surface area (Å²) >= 11 is 0. The van der Waals surface area contributed by atoms with Crippen LogP contribution in [-0.2, 0) is 10.2 Å². The molecule has 0 aromatic heterocycles. The van der Waals surface area contributed by atoms with Crippen molar-refractivity contribution in [3.8, 4) is 0 Å². The number of hydrogen-bond donors (Lipinski definition) is 2. The van der Waals surface area contributed by atoms with Crippen LogP contribution < -0.4 is 11.1 Å². The van der Waals surface area contributed by atoms with Gasteiger partial charge in [-0.05, 0) is 36.6 Å². The topological polar surface area (TPSA) is 55.1 Å². The Kier molecular flexibility index (Phi) is 2.93. The maximum absolute atomic E-state index is 13.1. The first-order valence-corrected chi connectivity index (χ1v) is 6.54. The van der Waals surface area contributed by atoms with E-state index in [9.17, 15) is 9.18 Å². The Hall–Kier alpha value is -2.36. The molecule has 2 aromatic carbocycles. The lowest BCUT2D eigenvalue weighted by Crippen LogP contribution is -2.27. The number of anilines is 2. The Labute approximate surface area is 116 Å². The van der Waals surface area contributed by atoms with Crippen molar-refractivity contribution in [2.45, 2.75) is 18.3 Å². The zero-order valence-electron chi connectivity index (χ0n) is 10.9. The fraction of sp³-hybridized carbons (Fsp3) is 0.188. The molecule has 0 radical (unpaired) electrons. The summed E-state index contributed by atoms with van der Waals surface area (Å²) < 4.78 is 13.1. The van der Waals surface area contributed by atoms with Crippen molar-refractivity contribution in [3.63, 3.8) is 0 Å². The van der Waals surface area contributed by atoms with Crippen molar-refractivity contribution >= 4 is 17.3 Å². The third-order valence-corrected chi connectivity index (χ3v) is 3.76. The van der Waals surface area contributed by atoms with Gasteiger partial charge in [0.1, 0.15) is 5.82 Å². The largest absolute Gasteiger partial charge is 0.396 e. The standard InChI is InChI=1S/C16H15FN2O/c17-13-7-6-12(10-14(13)18)19-15(20)16(8-9-16)11-4-2-1-3-5-11/h1-7,10H,8-9,18H2,(H,19,20). The van der Waals surface area contributed by atoms with Crippen LogP contribution in [0.15, 0.2) is 48.5 Å². The highest BCUT2D eigenvalue weighted by molar-refractivity contribution is 6.01. The summed E-state index contributed by atoms with van der Waals surface area (Å²) in [5.74, 6) is -0.540. The van der Waals surface area contributed by atoms with E-state index in [-0.39, 0.29) is 11.6 Å². The van der Waals surface area contributed by atoms with E-state index in [1.165, 1.54) is 18.2 Å². The number of nitrogen functional groups attached to an aromatic ring is 1. The predicted molar refractivity (Wildman–Crippen MR) is 76.8 cm³/mol. The molecule has 2 aromatic rings. The van der Waals surface area contributed by atoms with Crippen LogP contribution in [0.25, 0.3) is 0 Å². The molecule has 1 fully saturated rings. The molecule has 20 heavy (non-hydrogen) atoms. The van der Waals surface area contributed by atoms with Crippen molar-refractivity contribution in [2.24, 2.45) is 0 Å². The second-order valence-corrected chi connectivity index (χ2v) is 5.14. The van der Waals surface area contributed by atoms with Gasteiger partial charge in [0.2, 0.25) is 5.91 Å². The number of hydrogen-bond acceptors (Lipinski definition) is 2. The molecule has 3 rings (SSSR count). The average Bonchev–Trinajstić information content (AvgIpc) is 3.26. The lowest BCUT2D eigenvalue weighted by Gasteiger charge is -2.16. The van der Waals surface area contributed by atoms with E-state index in [4.69, 9.17) is 5.73 Å². The molecule has 0 atom stereocenters. The fourth-order valence-corrected chi connectivity index (χ4v) is 2.40. The summed E-state index contributed by atoms with van der Waals surface area (Å²) in [4.78, 5) is 12.4. The van der Waals surface area contributed by atoms with Crippen molar-refractivity contribution in [1.29, 1.82) is 0 Å². The van der Waals surface area contributed by atoms with E-state index in [0.717, 1.165) is 18.4 Å². The molecule has 0 aliphatic heterocycles. The van der Waals surface area contributed by atoms with Gasteiger partial charge in [-0.25, -0.2) is 4.39 Å². The molecule has 4 heteroatoms. The first kappa shape index (κ1) is 12.7. The molecule has 1 aliphatic carbocycles. The Morgan fingerprint density at radius 1 is 1.15 bits per heavy atom. The highest BCUT2D eigenvalue weighted by atomic mass is 19.1. The van der Waals surface area contributed by atoms with Crippen LogP contribution in [0.2, 0.25) is 0 Å². The van der Waals surface area contributed by atoms with Gasteiger partial charge in [0.25, 0.3) is 0 Å². The second-order valence-electron chi connectivity index (χ2n) is 5.14. The van der Waals surface area contributed by atoms with Gasteiger partial charge < -0.3 is 11.1 Å². The van der Waals surface area contributed by atoms with Gasteiger partial charge in [-0.3, -0.25) is 4.79 Å². The molecule has 102 valence electrons. The number of carbonyl (C=O) groups excluding carboxylic acids is 1. The normalized spacial score (nSPS) is 15.7. The van der Waals surface area contributed by atoms with Gasteiger partial charge in [0.15, 0.2) is 0 Å². The molecule has 0 spiro atoms. The second kappa shape index (κ2) is 4.63. The molecule has 1 aliphatic rings. The summed E-state index contributed by atoms with van der Waals surface area (Å²) in [5, 5.41) is 2.83. The molecule has 0 heterocycles. The minimum Gasteiger partial charge on any atom is -0.396 e. The maximum Gasteiger partial charge on any atom is 0.235 e. The molecule has 1 amide bonds. The number of amides is 1. The van der Waals surface area contributed by atoms with Gasteiger partial charge in [-0.15, -0.1) is 0 Å². The monoisotopic (exact) mass is 270 g/mol. The van der Waals surface area contributed by atoms with Crippen molar-refractivity contribution in [3.05, 3.63) is 59.9 Å². The SMILES string of the molecule is Nc1cc(NC(=O)C2(c3ccccc3)CC2)ccc1F. The van der Waals surface area contributed by atoms with Crippen LogP contribution >= 0.6 is 0 Å². The number of benzene rings is 2. The Morgan fingerprint density at radius 2 is 1.85 bits per heavy atom. The van der Waals surface area contributed by atoms with E-state index in [1.807, 2.05) is 30.3 Å². The number of carbonyl (C=O) groups is 1. The molecule has 3 N–H and O–H groups in total. The summed E-state index contributed by atoms with van der Waals surface area (Å²) in [6, 6.07) is 13.9. The van der Waals surface area contributed by atoms with E-state index in [1.54, 1.807) is 0 Å². The molecule has 0 saturated heterocycles. The zero-order valence-corrected chi connectivity index (χ0v) is 10.9. The van der Waals surface area contributed by atoms with E-state index < -0.39 is 11.2 Å². The van der Waals surface area contributed by atoms with Gasteiger partial charge in [-0.1, -0.05) is 30.3 Å². The van der Waals surface area contributed by atoms with E-state index >= 15 is 0 Å². The number of nitrogens with two attached hydrogens (primary N) is 1.